The Morgan fingerprint density at radius 3 is 2.60 bits per heavy atom. The number of aliphatic hydroxyl groups is 1. The maximum absolute atomic E-state index is 12.6. The summed E-state index contributed by atoms with van der Waals surface area (Å²) in [6, 6.07) is 2.51. The van der Waals surface area contributed by atoms with Crippen molar-refractivity contribution in [1.82, 2.24) is 9.88 Å². The third kappa shape index (κ3) is 4.15. The highest BCUT2D eigenvalue weighted by atomic mass is 19.4. The topological polar surface area (TPSA) is 45.6 Å². The molecule has 7 heteroatoms. The molecule has 3 rings (SSSR count). The zero-order valence-electron chi connectivity index (χ0n) is 14.4. The van der Waals surface area contributed by atoms with E-state index in [0.717, 1.165) is 37.6 Å². The molecule has 2 unspecified atom stereocenters. The van der Waals surface area contributed by atoms with Gasteiger partial charge in [-0.25, -0.2) is 0 Å². The Kier molecular flexibility index (Phi) is 5.37. The third-order valence-electron chi connectivity index (χ3n) is 5.66. The summed E-state index contributed by atoms with van der Waals surface area (Å²) in [7, 11) is 0. The standard InChI is InChI=1S/C18H25F3N2O2/c1-13-11-23(7-6-17(13,24)15-4-8-25-9-5-15)12-14-2-3-16(22-10-14)18(19,20)21/h2-3,10,13,15,24H,4-9,11-12H2,1H3. The van der Waals surface area contributed by atoms with Crippen LogP contribution in [0.15, 0.2) is 18.3 Å². The van der Waals surface area contributed by atoms with Crippen LogP contribution in [0.1, 0.15) is 37.4 Å². The summed E-state index contributed by atoms with van der Waals surface area (Å²) in [6.45, 7) is 5.50. The number of nitrogens with zero attached hydrogens (tertiary/aromatic N) is 2. The maximum Gasteiger partial charge on any atom is 0.433 e. The monoisotopic (exact) mass is 358 g/mol. The Balaban J connectivity index is 1.59. The number of alkyl halides is 3. The molecule has 2 fully saturated rings. The van der Waals surface area contributed by atoms with Crippen LogP contribution in [0.25, 0.3) is 0 Å². The van der Waals surface area contributed by atoms with Crippen molar-refractivity contribution in [2.75, 3.05) is 26.3 Å². The summed E-state index contributed by atoms with van der Waals surface area (Å²) in [5.41, 5.74) is -0.771. The number of hydrogen-bond acceptors (Lipinski definition) is 4. The van der Waals surface area contributed by atoms with Crippen LogP contribution in [0.4, 0.5) is 13.2 Å². The molecule has 25 heavy (non-hydrogen) atoms. The van der Waals surface area contributed by atoms with Crippen LogP contribution in [0, 0.1) is 11.8 Å². The molecule has 2 aliphatic rings. The van der Waals surface area contributed by atoms with Crippen molar-refractivity contribution in [3.05, 3.63) is 29.6 Å². The predicted octanol–water partition coefficient (Wildman–Crippen LogP) is 3.10. The summed E-state index contributed by atoms with van der Waals surface area (Å²) >= 11 is 0. The molecule has 0 radical (unpaired) electrons. The largest absolute Gasteiger partial charge is 0.433 e. The Bertz CT molecular complexity index is 573. The first-order valence-electron chi connectivity index (χ1n) is 8.83. The normalized spacial score (nSPS) is 29.7. The number of rotatable bonds is 3. The highest BCUT2D eigenvalue weighted by molar-refractivity contribution is 5.16. The van der Waals surface area contributed by atoms with E-state index in [1.165, 1.54) is 12.3 Å². The molecular formula is C18H25F3N2O2. The smallest absolute Gasteiger partial charge is 0.389 e. The van der Waals surface area contributed by atoms with E-state index in [4.69, 9.17) is 4.74 Å². The van der Waals surface area contributed by atoms with Crippen LogP contribution in [0.2, 0.25) is 0 Å². The molecule has 1 aromatic heterocycles. The first kappa shape index (κ1) is 18.6. The van der Waals surface area contributed by atoms with Crippen molar-refractivity contribution in [2.45, 2.75) is 44.5 Å². The van der Waals surface area contributed by atoms with E-state index in [2.05, 4.69) is 16.8 Å². The van der Waals surface area contributed by atoms with E-state index in [1.54, 1.807) is 0 Å². The van der Waals surface area contributed by atoms with Crippen molar-refractivity contribution >= 4 is 0 Å². The van der Waals surface area contributed by atoms with Crippen molar-refractivity contribution in [3.8, 4) is 0 Å². The molecule has 4 nitrogen and oxygen atoms in total. The Hall–Kier alpha value is -1.18. The number of halogens is 3. The van der Waals surface area contributed by atoms with Gasteiger partial charge in [0, 0.05) is 39.0 Å². The average molecular weight is 358 g/mol. The molecule has 0 aromatic carbocycles. The fraction of sp³-hybridized carbons (Fsp3) is 0.722. The van der Waals surface area contributed by atoms with Gasteiger partial charge in [-0.05, 0) is 42.7 Å². The van der Waals surface area contributed by atoms with E-state index in [0.29, 0.717) is 26.2 Å². The van der Waals surface area contributed by atoms with Gasteiger partial charge < -0.3 is 9.84 Å². The van der Waals surface area contributed by atoms with Gasteiger partial charge in [0.05, 0.1) is 5.60 Å². The molecule has 0 bridgehead atoms. The van der Waals surface area contributed by atoms with Crippen LogP contribution >= 0.6 is 0 Å². The molecule has 0 amide bonds. The molecule has 0 spiro atoms. The summed E-state index contributed by atoms with van der Waals surface area (Å²) in [5.74, 6) is 0.387. The fourth-order valence-corrected chi connectivity index (χ4v) is 4.11. The zero-order chi connectivity index (χ0) is 18.1. The molecule has 0 aliphatic carbocycles. The first-order valence-corrected chi connectivity index (χ1v) is 8.83. The average Bonchev–Trinajstić information content (AvgIpc) is 2.59. The number of ether oxygens (including phenoxy) is 1. The van der Waals surface area contributed by atoms with Crippen molar-refractivity contribution in [2.24, 2.45) is 11.8 Å². The van der Waals surface area contributed by atoms with E-state index in [-0.39, 0.29) is 11.8 Å². The molecule has 140 valence electrons. The number of pyridine rings is 1. The van der Waals surface area contributed by atoms with Gasteiger partial charge in [-0.2, -0.15) is 13.2 Å². The minimum absolute atomic E-state index is 0.117. The molecule has 2 saturated heterocycles. The second kappa shape index (κ2) is 7.21. The van der Waals surface area contributed by atoms with Gasteiger partial charge >= 0.3 is 6.18 Å². The third-order valence-corrected chi connectivity index (χ3v) is 5.66. The van der Waals surface area contributed by atoms with E-state index < -0.39 is 17.5 Å². The van der Waals surface area contributed by atoms with E-state index in [9.17, 15) is 18.3 Å². The van der Waals surface area contributed by atoms with Crippen molar-refractivity contribution in [3.63, 3.8) is 0 Å². The predicted molar refractivity (Wildman–Crippen MR) is 86.8 cm³/mol. The minimum atomic E-state index is -4.40. The number of piperidine rings is 1. The number of likely N-dealkylation sites (tertiary alicyclic amines) is 1. The highest BCUT2D eigenvalue weighted by Gasteiger charge is 2.45. The molecule has 2 atom stereocenters. The lowest BCUT2D eigenvalue weighted by atomic mass is 9.70. The first-order chi connectivity index (χ1) is 11.8. The Morgan fingerprint density at radius 2 is 2.04 bits per heavy atom. The van der Waals surface area contributed by atoms with Gasteiger partial charge in [-0.15, -0.1) is 0 Å². The molecule has 1 N–H and O–H groups in total. The SMILES string of the molecule is CC1CN(Cc2ccc(C(F)(F)F)nc2)CCC1(O)C1CCOCC1. The zero-order valence-corrected chi connectivity index (χ0v) is 14.4. The lowest BCUT2D eigenvalue weighted by Crippen LogP contribution is -2.55. The lowest BCUT2D eigenvalue weighted by molar-refractivity contribution is -0.141. The summed E-state index contributed by atoms with van der Waals surface area (Å²) in [6.07, 6.45) is -0.634. The second-order valence-corrected chi connectivity index (χ2v) is 7.31. The number of hydrogen-bond donors (Lipinski definition) is 1. The van der Waals surface area contributed by atoms with E-state index in [1.807, 2.05) is 0 Å². The van der Waals surface area contributed by atoms with Crippen LogP contribution < -0.4 is 0 Å². The quantitative estimate of drug-likeness (QED) is 0.902. The summed E-state index contributed by atoms with van der Waals surface area (Å²) in [4.78, 5) is 5.70. The van der Waals surface area contributed by atoms with Gasteiger partial charge in [0.15, 0.2) is 0 Å². The molecule has 2 aliphatic heterocycles. The second-order valence-electron chi connectivity index (χ2n) is 7.31. The van der Waals surface area contributed by atoms with Crippen LogP contribution in [-0.2, 0) is 17.5 Å². The van der Waals surface area contributed by atoms with Gasteiger partial charge in [0.2, 0.25) is 0 Å². The molecule has 3 heterocycles. The maximum atomic E-state index is 12.6. The van der Waals surface area contributed by atoms with E-state index >= 15 is 0 Å². The molecule has 1 aromatic rings. The van der Waals surface area contributed by atoms with Crippen molar-refractivity contribution in [1.29, 1.82) is 0 Å². The van der Waals surface area contributed by atoms with Gasteiger partial charge in [0.25, 0.3) is 0 Å². The van der Waals surface area contributed by atoms with Gasteiger partial charge in [-0.3, -0.25) is 9.88 Å². The van der Waals surface area contributed by atoms with Crippen LogP contribution in [0.5, 0.6) is 0 Å². The fourth-order valence-electron chi connectivity index (χ4n) is 4.11. The van der Waals surface area contributed by atoms with Gasteiger partial charge in [0.1, 0.15) is 5.69 Å². The van der Waals surface area contributed by atoms with Gasteiger partial charge in [-0.1, -0.05) is 13.0 Å². The highest BCUT2D eigenvalue weighted by Crippen LogP contribution is 2.39. The number of aromatic nitrogens is 1. The summed E-state index contributed by atoms with van der Waals surface area (Å²) < 4.78 is 43.1. The minimum Gasteiger partial charge on any atom is -0.389 e. The summed E-state index contributed by atoms with van der Waals surface area (Å²) in [5, 5.41) is 11.2. The van der Waals surface area contributed by atoms with Crippen LogP contribution in [-0.4, -0.2) is 46.9 Å². The molecular weight excluding hydrogens is 333 g/mol. The lowest BCUT2D eigenvalue weighted by Gasteiger charge is -2.48. The Labute approximate surface area is 146 Å². The molecule has 0 saturated carbocycles. The van der Waals surface area contributed by atoms with Crippen LogP contribution in [0.3, 0.4) is 0 Å². The Morgan fingerprint density at radius 1 is 1.32 bits per heavy atom. The van der Waals surface area contributed by atoms with Crippen molar-refractivity contribution < 1.29 is 23.0 Å².